The number of ether oxygens (including phenoxy) is 1. The number of amides is 1. The molecule has 0 saturated heterocycles. The van der Waals surface area contributed by atoms with E-state index in [1.165, 1.54) is 0 Å². The third kappa shape index (κ3) is 5.05. The van der Waals surface area contributed by atoms with Crippen molar-refractivity contribution in [3.05, 3.63) is 88.7 Å². The van der Waals surface area contributed by atoms with E-state index in [9.17, 15) is 4.79 Å². The summed E-state index contributed by atoms with van der Waals surface area (Å²) in [6.45, 7) is 1.57. The molecular weight excluding hydrogens is 354 g/mol. The average Bonchev–Trinajstić information content (AvgIpc) is 3.17. The van der Waals surface area contributed by atoms with Gasteiger partial charge in [0.1, 0.15) is 5.84 Å². The predicted octanol–water partition coefficient (Wildman–Crippen LogP) is 2.29. The van der Waals surface area contributed by atoms with Crippen LogP contribution in [0, 0.1) is 5.41 Å². The topological polar surface area (TPSA) is 106 Å². The summed E-state index contributed by atoms with van der Waals surface area (Å²) in [5.74, 6) is -0.159. The number of carbonyl (C=O) groups excluding carboxylic acids is 1. The Morgan fingerprint density at radius 2 is 1.71 bits per heavy atom. The molecule has 0 radical (unpaired) electrons. The van der Waals surface area contributed by atoms with Crippen molar-refractivity contribution in [1.82, 2.24) is 15.1 Å². The lowest BCUT2D eigenvalue weighted by Gasteiger charge is -2.05. The zero-order valence-electron chi connectivity index (χ0n) is 15.7. The van der Waals surface area contributed by atoms with E-state index in [4.69, 9.17) is 15.9 Å². The summed E-state index contributed by atoms with van der Waals surface area (Å²) in [5.41, 5.74) is 9.75. The van der Waals surface area contributed by atoms with E-state index < -0.39 is 0 Å². The molecule has 0 atom stereocenters. The monoisotopic (exact) mass is 377 g/mol. The number of methoxy groups -OCH3 is 1. The fourth-order valence-electron chi connectivity index (χ4n) is 2.75. The average molecular weight is 377 g/mol. The second kappa shape index (κ2) is 8.96. The zero-order chi connectivity index (χ0) is 19.9. The molecule has 3 aromatic rings. The van der Waals surface area contributed by atoms with Gasteiger partial charge in [0, 0.05) is 25.4 Å². The van der Waals surface area contributed by atoms with Gasteiger partial charge < -0.3 is 15.8 Å². The van der Waals surface area contributed by atoms with E-state index in [1.54, 1.807) is 36.3 Å². The molecule has 0 unspecified atom stereocenters. The van der Waals surface area contributed by atoms with Crippen molar-refractivity contribution in [3.63, 3.8) is 0 Å². The van der Waals surface area contributed by atoms with Crippen LogP contribution in [-0.4, -0.2) is 28.6 Å². The maximum Gasteiger partial charge on any atom is 0.254 e. The fourth-order valence-corrected chi connectivity index (χ4v) is 2.75. The number of hydrogen-bond acceptors (Lipinski definition) is 4. The van der Waals surface area contributed by atoms with E-state index >= 15 is 0 Å². The molecule has 144 valence electrons. The molecule has 0 spiro atoms. The second-order valence-corrected chi connectivity index (χ2v) is 6.47. The lowest BCUT2D eigenvalue weighted by atomic mass is 10.1. The molecule has 28 heavy (non-hydrogen) atoms. The Labute approximate surface area is 163 Å². The van der Waals surface area contributed by atoms with Crippen LogP contribution in [0.5, 0.6) is 0 Å². The highest BCUT2D eigenvalue weighted by Gasteiger charge is 2.09. The summed E-state index contributed by atoms with van der Waals surface area (Å²) in [6.07, 6.45) is 3.30. The van der Waals surface area contributed by atoms with E-state index in [-0.39, 0.29) is 11.7 Å². The summed E-state index contributed by atoms with van der Waals surface area (Å²) >= 11 is 0. The van der Waals surface area contributed by atoms with Crippen LogP contribution in [0.4, 0.5) is 0 Å². The minimum Gasteiger partial charge on any atom is -0.384 e. The number of hydrogen-bond donors (Lipinski definition) is 3. The number of benzene rings is 2. The van der Waals surface area contributed by atoms with Crippen molar-refractivity contribution in [2.75, 3.05) is 7.11 Å². The van der Waals surface area contributed by atoms with Crippen LogP contribution in [0.15, 0.2) is 60.9 Å². The third-order valence-electron chi connectivity index (χ3n) is 4.29. The van der Waals surface area contributed by atoms with Gasteiger partial charge in [-0.05, 0) is 16.7 Å². The number of aromatic nitrogens is 2. The Balaban J connectivity index is 1.55. The van der Waals surface area contributed by atoms with Crippen molar-refractivity contribution < 1.29 is 9.53 Å². The maximum atomic E-state index is 12.3. The van der Waals surface area contributed by atoms with Gasteiger partial charge in [0.05, 0.1) is 24.9 Å². The molecule has 0 saturated carbocycles. The predicted molar refractivity (Wildman–Crippen MR) is 107 cm³/mol. The van der Waals surface area contributed by atoms with Crippen LogP contribution in [0.25, 0.3) is 0 Å². The Hall–Kier alpha value is -3.45. The quantitative estimate of drug-likeness (QED) is 0.414. The Morgan fingerprint density at radius 1 is 1.07 bits per heavy atom. The van der Waals surface area contributed by atoms with Gasteiger partial charge in [-0.2, -0.15) is 5.10 Å². The summed E-state index contributed by atoms with van der Waals surface area (Å²) in [5, 5.41) is 14.5. The number of nitrogens with zero attached hydrogens (tertiary/aromatic N) is 2. The fraction of sp³-hybridized carbons (Fsp3) is 0.190. The minimum absolute atomic E-state index is 0.0244. The number of amidine groups is 1. The largest absolute Gasteiger partial charge is 0.384 e. The summed E-state index contributed by atoms with van der Waals surface area (Å²) in [7, 11) is 1.67. The van der Waals surface area contributed by atoms with Crippen molar-refractivity contribution in [3.8, 4) is 0 Å². The lowest BCUT2D eigenvalue weighted by Crippen LogP contribution is -2.22. The molecule has 2 aromatic carbocycles. The number of rotatable bonds is 8. The number of nitrogen functional groups attached to an aromatic ring is 1. The van der Waals surface area contributed by atoms with E-state index in [0.717, 1.165) is 16.7 Å². The number of nitrogens with two attached hydrogens (primary N) is 1. The van der Waals surface area contributed by atoms with Gasteiger partial charge in [-0.15, -0.1) is 0 Å². The first-order valence-electron chi connectivity index (χ1n) is 8.86. The molecule has 0 aliphatic carbocycles. The lowest BCUT2D eigenvalue weighted by molar-refractivity contribution is 0.0951. The van der Waals surface area contributed by atoms with E-state index in [2.05, 4.69) is 10.4 Å². The Bertz CT molecular complexity index is 946. The van der Waals surface area contributed by atoms with Gasteiger partial charge in [-0.25, -0.2) is 0 Å². The SMILES string of the molecule is COCc1ccc(Cn2cc(C(=O)NCc3ccc(C(=N)N)cc3)cn2)cc1. The van der Waals surface area contributed by atoms with Crippen molar-refractivity contribution >= 4 is 11.7 Å². The van der Waals surface area contributed by atoms with Crippen LogP contribution < -0.4 is 11.1 Å². The number of nitrogens with one attached hydrogen (secondary N) is 2. The Morgan fingerprint density at radius 3 is 2.36 bits per heavy atom. The van der Waals surface area contributed by atoms with Crippen LogP contribution in [0.1, 0.15) is 32.6 Å². The summed E-state index contributed by atoms with van der Waals surface area (Å²) in [4.78, 5) is 12.3. The first-order chi connectivity index (χ1) is 13.5. The molecule has 1 aromatic heterocycles. The third-order valence-corrected chi connectivity index (χ3v) is 4.29. The summed E-state index contributed by atoms with van der Waals surface area (Å²) < 4.78 is 6.85. The highest BCUT2D eigenvalue weighted by molar-refractivity contribution is 5.95. The van der Waals surface area contributed by atoms with Gasteiger partial charge in [-0.1, -0.05) is 48.5 Å². The molecule has 1 heterocycles. The smallest absolute Gasteiger partial charge is 0.254 e. The van der Waals surface area contributed by atoms with Gasteiger partial charge in [0.2, 0.25) is 0 Å². The van der Waals surface area contributed by atoms with Crippen LogP contribution >= 0.6 is 0 Å². The van der Waals surface area contributed by atoms with Gasteiger partial charge in [-0.3, -0.25) is 14.9 Å². The van der Waals surface area contributed by atoms with Crippen molar-refractivity contribution in [2.24, 2.45) is 5.73 Å². The van der Waals surface area contributed by atoms with Crippen LogP contribution in [0.2, 0.25) is 0 Å². The molecular formula is C21H23N5O2. The van der Waals surface area contributed by atoms with E-state index in [0.29, 0.717) is 30.8 Å². The van der Waals surface area contributed by atoms with Crippen molar-refractivity contribution in [1.29, 1.82) is 5.41 Å². The standard InChI is InChI=1S/C21H23N5O2/c1-28-14-17-4-2-16(3-5-17)12-26-13-19(11-25-26)21(27)24-10-15-6-8-18(9-7-15)20(22)23/h2-9,11,13H,10,12,14H2,1H3,(H3,22,23)(H,24,27). The molecule has 0 fully saturated rings. The van der Waals surface area contributed by atoms with Gasteiger partial charge >= 0.3 is 0 Å². The molecule has 3 rings (SSSR count). The summed E-state index contributed by atoms with van der Waals surface area (Å²) in [6, 6.07) is 15.3. The molecule has 4 N–H and O–H groups in total. The molecule has 7 heteroatoms. The molecule has 0 aliphatic rings. The highest BCUT2D eigenvalue weighted by Crippen LogP contribution is 2.09. The molecule has 0 bridgehead atoms. The zero-order valence-corrected chi connectivity index (χ0v) is 15.7. The second-order valence-electron chi connectivity index (χ2n) is 6.47. The first-order valence-corrected chi connectivity index (χ1v) is 8.86. The maximum absolute atomic E-state index is 12.3. The van der Waals surface area contributed by atoms with Gasteiger partial charge in [0.15, 0.2) is 0 Å². The van der Waals surface area contributed by atoms with Gasteiger partial charge in [0.25, 0.3) is 5.91 Å². The first kappa shape index (κ1) is 19.3. The molecule has 7 nitrogen and oxygen atoms in total. The normalized spacial score (nSPS) is 10.6. The van der Waals surface area contributed by atoms with Crippen molar-refractivity contribution in [2.45, 2.75) is 19.7 Å². The van der Waals surface area contributed by atoms with Crippen LogP contribution in [-0.2, 0) is 24.4 Å². The highest BCUT2D eigenvalue weighted by atomic mass is 16.5. The minimum atomic E-state index is -0.183. The van der Waals surface area contributed by atoms with E-state index in [1.807, 2.05) is 36.4 Å². The number of carbonyl (C=O) groups is 1. The Kier molecular flexibility index (Phi) is 6.18. The van der Waals surface area contributed by atoms with Crippen LogP contribution in [0.3, 0.4) is 0 Å². The molecule has 1 amide bonds. The molecule has 0 aliphatic heterocycles.